The number of nitrogens with two attached hydrogens (primary N) is 1. The van der Waals surface area contributed by atoms with Gasteiger partial charge in [-0.05, 0) is 26.3 Å². The van der Waals surface area contributed by atoms with E-state index in [9.17, 15) is 0 Å². The number of hydrogen-bond donors (Lipinski definition) is 1. The highest BCUT2D eigenvalue weighted by atomic mass is 16.5. The van der Waals surface area contributed by atoms with Crippen LogP contribution in [0.5, 0.6) is 0 Å². The fraction of sp³-hybridized carbons (Fsp3) is 1.00. The van der Waals surface area contributed by atoms with Crippen LogP contribution in [0.2, 0.25) is 0 Å². The van der Waals surface area contributed by atoms with Crippen LogP contribution in [0.1, 0.15) is 27.2 Å². The summed E-state index contributed by atoms with van der Waals surface area (Å²) in [4.78, 5) is 2.42. The van der Waals surface area contributed by atoms with Crippen molar-refractivity contribution in [3.8, 4) is 0 Å². The molecular weight excluding hydrogens is 188 g/mol. The van der Waals surface area contributed by atoms with Crippen LogP contribution in [-0.4, -0.2) is 43.8 Å². The smallest absolute Gasteiger partial charge is 0.0621 e. The largest absolute Gasteiger partial charge is 0.379 e. The molecule has 3 nitrogen and oxygen atoms in total. The normalized spacial score (nSPS) is 29.0. The van der Waals surface area contributed by atoms with Crippen molar-refractivity contribution in [2.45, 2.75) is 39.3 Å². The molecule has 3 atom stereocenters. The molecule has 1 aliphatic heterocycles. The Morgan fingerprint density at radius 1 is 1.33 bits per heavy atom. The Bertz CT molecular complexity index is 184. The van der Waals surface area contributed by atoms with Crippen molar-refractivity contribution in [3.63, 3.8) is 0 Å². The third kappa shape index (κ3) is 4.09. The fourth-order valence-corrected chi connectivity index (χ4v) is 2.22. The molecule has 1 aliphatic rings. The molecule has 0 radical (unpaired) electrons. The summed E-state index contributed by atoms with van der Waals surface area (Å²) >= 11 is 0. The molecule has 0 bridgehead atoms. The van der Waals surface area contributed by atoms with Gasteiger partial charge in [0.05, 0.1) is 13.2 Å². The molecule has 1 fully saturated rings. The van der Waals surface area contributed by atoms with Crippen molar-refractivity contribution in [1.29, 1.82) is 0 Å². The molecule has 1 saturated heterocycles. The molecule has 0 aromatic heterocycles. The monoisotopic (exact) mass is 214 g/mol. The molecule has 3 heteroatoms. The van der Waals surface area contributed by atoms with Gasteiger partial charge in [-0.15, -0.1) is 0 Å². The second-order valence-electron chi connectivity index (χ2n) is 5.38. The van der Waals surface area contributed by atoms with E-state index < -0.39 is 0 Å². The topological polar surface area (TPSA) is 38.5 Å². The number of nitrogens with zero attached hydrogens (tertiary/aromatic N) is 1. The van der Waals surface area contributed by atoms with Gasteiger partial charge in [-0.2, -0.15) is 0 Å². The Balaban J connectivity index is 2.30. The zero-order valence-corrected chi connectivity index (χ0v) is 10.6. The van der Waals surface area contributed by atoms with Gasteiger partial charge in [-0.1, -0.05) is 13.8 Å². The third-order valence-electron chi connectivity index (χ3n) is 3.34. The van der Waals surface area contributed by atoms with E-state index in [0.717, 1.165) is 25.7 Å². The molecule has 0 aromatic rings. The lowest BCUT2D eigenvalue weighted by atomic mass is 10.0. The Morgan fingerprint density at radius 2 is 2.00 bits per heavy atom. The summed E-state index contributed by atoms with van der Waals surface area (Å²) in [6.45, 7) is 9.47. The minimum Gasteiger partial charge on any atom is -0.379 e. The quantitative estimate of drug-likeness (QED) is 0.750. The predicted octanol–water partition coefficient (Wildman–Crippen LogP) is 1.33. The lowest BCUT2D eigenvalue weighted by Crippen LogP contribution is -2.40. The molecule has 0 aliphatic carbocycles. The number of hydrogen-bond acceptors (Lipinski definition) is 3. The second kappa shape index (κ2) is 5.83. The second-order valence-corrected chi connectivity index (χ2v) is 5.38. The molecule has 2 N–H and O–H groups in total. The van der Waals surface area contributed by atoms with Crippen LogP contribution in [-0.2, 0) is 4.74 Å². The summed E-state index contributed by atoms with van der Waals surface area (Å²) in [6, 6.07) is 0.872. The lowest BCUT2D eigenvalue weighted by molar-refractivity contribution is 0.157. The fourth-order valence-electron chi connectivity index (χ4n) is 2.22. The average molecular weight is 214 g/mol. The van der Waals surface area contributed by atoms with Gasteiger partial charge in [-0.3, -0.25) is 0 Å². The van der Waals surface area contributed by atoms with Crippen molar-refractivity contribution in [3.05, 3.63) is 0 Å². The zero-order valence-electron chi connectivity index (χ0n) is 10.6. The number of rotatable bonds is 5. The van der Waals surface area contributed by atoms with Crippen LogP contribution in [0.25, 0.3) is 0 Å². The summed E-state index contributed by atoms with van der Waals surface area (Å²) < 4.78 is 5.38. The summed E-state index contributed by atoms with van der Waals surface area (Å²) in [7, 11) is 2.19. The lowest BCUT2D eigenvalue weighted by Gasteiger charge is -2.29. The first-order valence-electron chi connectivity index (χ1n) is 6.04. The van der Waals surface area contributed by atoms with Crippen molar-refractivity contribution in [2.24, 2.45) is 17.6 Å². The Hall–Kier alpha value is -0.120. The Kier molecular flexibility index (Phi) is 5.03. The highest BCUT2D eigenvalue weighted by Gasteiger charge is 2.27. The van der Waals surface area contributed by atoms with E-state index in [1.54, 1.807) is 0 Å². The first kappa shape index (κ1) is 12.9. The molecule has 1 rings (SSSR count). The van der Waals surface area contributed by atoms with Crippen LogP contribution in [0.4, 0.5) is 0 Å². The minimum atomic E-state index is 0.235. The maximum atomic E-state index is 5.98. The van der Waals surface area contributed by atoms with E-state index >= 15 is 0 Å². The minimum absolute atomic E-state index is 0.235. The Labute approximate surface area is 94.0 Å². The Morgan fingerprint density at radius 3 is 2.47 bits per heavy atom. The van der Waals surface area contributed by atoms with Gasteiger partial charge < -0.3 is 15.4 Å². The summed E-state index contributed by atoms with van der Waals surface area (Å²) in [5.74, 6) is 1.28. The van der Waals surface area contributed by atoms with Crippen LogP contribution in [0, 0.1) is 11.8 Å². The van der Waals surface area contributed by atoms with E-state index in [4.69, 9.17) is 10.5 Å². The summed E-state index contributed by atoms with van der Waals surface area (Å²) in [6.07, 6.45) is 1.25. The molecule has 15 heavy (non-hydrogen) atoms. The molecule has 0 aromatic carbocycles. The molecule has 0 amide bonds. The summed E-state index contributed by atoms with van der Waals surface area (Å²) in [5.41, 5.74) is 5.98. The average Bonchev–Trinajstić information content (AvgIpc) is 2.50. The molecule has 3 unspecified atom stereocenters. The van der Waals surface area contributed by atoms with E-state index in [0.29, 0.717) is 12.0 Å². The van der Waals surface area contributed by atoms with Crippen LogP contribution in [0.15, 0.2) is 0 Å². The molecular formula is C12H26N2O. The van der Waals surface area contributed by atoms with Gasteiger partial charge in [0.2, 0.25) is 0 Å². The SMILES string of the molecule is CC(C)CC(C)N(C)CC1COCC1N. The van der Waals surface area contributed by atoms with Gasteiger partial charge in [0, 0.05) is 24.5 Å². The van der Waals surface area contributed by atoms with Gasteiger partial charge >= 0.3 is 0 Å². The van der Waals surface area contributed by atoms with Gasteiger partial charge in [0.15, 0.2) is 0 Å². The highest BCUT2D eigenvalue weighted by Crippen LogP contribution is 2.16. The van der Waals surface area contributed by atoms with Gasteiger partial charge in [0.25, 0.3) is 0 Å². The highest BCUT2D eigenvalue weighted by molar-refractivity contribution is 4.81. The molecule has 1 heterocycles. The maximum absolute atomic E-state index is 5.98. The van der Waals surface area contributed by atoms with Crippen molar-refractivity contribution in [1.82, 2.24) is 4.90 Å². The maximum Gasteiger partial charge on any atom is 0.0621 e. The molecule has 0 saturated carbocycles. The predicted molar refractivity (Wildman–Crippen MR) is 63.8 cm³/mol. The zero-order chi connectivity index (χ0) is 11.4. The number of ether oxygens (including phenoxy) is 1. The van der Waals surface area contributed by atoms with Gasteiger partial charge in [0.1, 0.15) is 0 Å². The van der Waals surface area contributed by atoms with E-state index in [1.165, 1.54) is 6.42 Å². The standard InChI is InChI=1S/C12H26N2O/c1-9(2)5-10(3)14(4)6-11-7-15-8-12(11)13/h9-12H,5-8,13H2,1-4H3. The van der Waals surface area contributed by atoms with Gasteiger partial charge in [-0.25, -0.2) is 0 Å². The van der Waals surface area contributed by atoms with Crippen LogP contribution >= 0.6 is 0 Å². The molecule has 0 spiro atoms. The van der Waals surface area contributed by atoms with E-state index in [2.05, 4.69) is 32.7 Å². The van der Waals surface area contributed by atoms with Crippen LogP contribution in [0.3, 0.4) is 0 Å². The third-order valence-corrected chi connectivity index (χ3v) is 3.34. The van der Waals surface area contributed by atoms with Crippen molar-refractivity contribution in [2.75, 3.05) is 26.8 Å². The van der Waals surface area contributed by atoms with E-state index in [1.807, 2.05) is 0 Å². The first-order chi connectivity index (χ1) is 7.00. The molecule has 90 valence electrons. The summed E-state index contributed by atoms with van der Waals surface area (Å²) in [5, 5.41) is 0. The van der Waals surface area contributed by atoms with Crippen LogP contribution < -0.4 is 5.73 Å². The first-order valence-corrected chi connectivity index (χ1v) is 6.04. The van der Waals surface area contributed by atoms with E-state index in [-0.39, 0.29) is 6.04 Å². The van der Waals surface area contributed by atoms with Crippen molar-refractivity contribution >= 4 is 0 Å². The van der Waals surface area contributed by atoms with Crippen molar-refractivity contribution < 1.29 is 4.74 Å².